The first-order valence-electron chi connectivity index (χ1n) is 11.2. The second-order valence-electron chi connectivity index (χ2n) is 7.81. The van der Waals surface area contributed by atoms with Gasteiger partial charge in [0, 0.05) is 5.56 Å². The number of hydrogen-bond acceptors (Lipinski definition) is 4. The van der Waals surface area contributed by atoms with Gasteiger partial charge in [-0.25, -0.2) is 5.43 Å². The first-order chi connectivity index (χ1) is 17.0. The largest absolute Gasteiger partial charge is 0.494 e. The van der Waals surface area contributed by atoms with Gasteiger partial charge in [-0.15, -0.1) is 0 Å². The normalized spacial score (nSPS) is 11.1. The standard InChI is InChI=1S/C28H24Br2N2O3/c1-2-14-34-23-12-10-21(11-13-23)28(33)32-31-17-19-15-25(29)27(26(30)16-19)35-18-22-8-5-7-20-6-3-4-9-24(20)22/h3-13,15-17H,2,14,18H2,1H3,(H,32,33)/b31-17+. The summed E-state index contributed by atoms with van der Waals surface area (Å²) in [6, 6.07) is 25.2. The number of benzene rings is 4. The fraction of sp³-hybridized carbons (Fsp3) is 0.143. The Balaban J connectivity index is 1.38. The van der Waals surface area contributed by atoms with Crippen LogP contribution in [0.2, 0.25) is 0 Å². The summed E-state index contributed by atoms with van der Waals surface area (Å²) in [6.07, 6.45) is 2.52. The van der Waals surface area contributed by atoms with Crippen LogP contribution in [0.3, 0.4) is 0 Å². The molecule has 0 radical (unpaired) electrons. The van der Waals surface area contributed by atoms with E-state index in [9.17, 15) is 4.79 Å². The van der Waals surface area contributed by atoms with Crippen LogP contribution in [0, 0.1) is 0 Å². The van der Waals surface area contributed by atoms with Crippen LogP contribution in [0.4, 0.5) is 0 Å². The van der Waals surface area contributed by atoms with Gasteiger partial charge < -0.3 is 9.47 Å². The van der Waals surface area contributed by atoms with E-state index in [1.165, 1.54) is 10.8 Å². The quantitative estimate of drug-likeness (QED) is 0.161. The highest BCUT2D eigenvalue weighted by atomic mass is 79.9. The number of nitrogens with zero attached hydrogens (tertiary/aromatic N) is 1. The highest BCUT2D eigenvalue weighted by molar-refractivity contribution is 9.11. The number of hydrogen-bond donors (Lipinski definition) is 1. The number of carbonyl (C=O) groups is 1. The topological polar surface area (TPSA) is 59.9 Å². The number of amides is 1. The van der Waals surface area contributed by atoms with Gasteiger partial charge in [-0.1, -0.05) is 49.4 Å². The van der Waals surface area contributed by atoms with Gasteiger partial charge in [-0.2, -0.15) is 5.10 Å². The monoisotopic (exact) mass is 594 g/mol. The predicted molar refractivity (Wildman–Crippen MR) is 147 cm³/mol. The van der Waals surface area contributed by atoms with E-state index in [0.29, 0.717) is 24.5 Å². The fourth-order valence-corrected chi connectivity index (χ4v) is 4.96. The molecule has 0 spiro atoms. The fourth-order valence-electron chi connectivity index (χ4n) is 3.51. The molecule has 35 heavy (non-hydrogen) atoms. The molecule has 0 bridgehead atoms. The minimum absolute atomic E-state index is 0.295. The Morgan fingerprint density at radius 2 is 1.66 bits per heavy atom. The van der Waals surface area contributed by atoms with Crippen molar-refractivity contribution in [2.75, 3.05) is 6.61 Å². The third-order valence-electron chi connectivity index (χ3n) is 5.24. The Morgan fingerprint density at radius 1 is 0.943 bits per heavy atom. The van der Waals surface area contributed by atoms with Crippen LogP contribution in [0.25, 0.3) is 10.8 Å². The molecular formula is C28H24Br2N2O3. The summed E-state index contributed by atoms with van der Waals surface area (Å²) in [7, 11) is 0. The van der Waals surface area contributed by atoms with Gasteiger partial charge in [0.2, 0.25) is 0 Å². The molecule has 0 aromatic heterocycles. The third kappa shape index (κ3) is 6.50. The van der Waals surface area contributed by atoms with Crippen molar-refractivity contribution in [1.82, 2.24) is 5.43 Å². The van der Waals surface area contributed by atoms with Gasteiger partial charge in [0.05, 0.1) is 21.8 Å². The lowest BCUT2D eigenvalue weighted by Gasteiger charge is -2.13. The summed E-state index contributed by atoms with van der Waals surface area (Å²) in [4.78, 5) is 12.4. The number of rotatable bonds is 9. The van der Waals surface area contributed by atoms with E-state index in [-0.39, 0.29) is 5.91 Å². The maximum absolute atomic E-state index is 12.4. The number of carbonyl (C=O) groups excluding carboxylic acids is 1. The minimum atomic E-state index is -0.295. The average molecular weight is 596 g/mol. The lowest BCUT2D eigenvalue weighted by atomic mass is 10.1. The van der Waals surface area contributed by atoms with E-state index in [1.807, 2.05) is 37.3 Å². The summed E-state index contributed by atoms with van der Waals surface area (Å²) in [6.45, 7) is 3.13. The number of halogens is 2. The van der Waals surface area contributed by atoms with Crippen molar-refractivity contribution >= 4 is 54.8 Å². The first-order valence-corrected chi connectivity index (χ1v) is 12.8. The van der Waals surface area contributed by atoms with Crippen molar-refractivity contribution in [3.63, 3.8) is 0 Å². The molecule has 0 saturated carbocycles. The molecule has 0 heterocycles. The molecule has 0 atom stereocenters. The first kappa shape index (κ1) is 24.9. The van der Waals surface area contributed by atoms with E-state index in [2.05, 4.69) is 66.7 Å². The smallest absolute Gasteiger partial charge is 0.271 e. The van der Waals surface area contributed by atoms with Crippen LogP contribution < -0.4 is 14.9 Å². The molecule has 1 N–H and O–H groups in total. The van der Waals surface area contributed by atoms with E-state index in [0.717, 1.165) is 32.2 Å². The van der Waals surface area contributed by atoms with Crippen molar-refractivity contribution < 1.29 is 14.3 Å². The Hall–Kier alpha value is -3.16. The number of ether oxygens (including phenoxy) is 2. The number of fused-ring (bicyclic) bond motifs is 1. The number of nitrogens with one attached hydrogen (secondary N) is 1. The average Bonchev–Trinajstić information content (AvgIpc) is 2.87. The molecule has 7 heteroatoms. The molecule has 1 amide bonds. The second kappa shape index (κ2) is 12.0. The zero-order valence-corrected chi connectivity index (χ0v) is 22.3. The van der Waals surface area contributed by atoms with Gasteiger partial charge in [0.1, 0.15) is 18.1 Å². The molecular weight excluding hydrogens is 572 g/mol. The van der Waals surface area contributed by atoms with Crippen molar-refractivity contribution in [3.05, 3.63) is 104 Å². The second-order valence-corrected chi connectivity index (χ2v) is 9.52. The van der Waals surface area contributed by atoms with Crippen LogP contribution in [0.5, 0.6) is 11.5 Å². The zero-order valence-electron chi connectivity index (χ0n) is 19.1. The summed E-state index contributed by atoms with van der Waals surface area (Å²) in [5.74, 6) is 1.14. The molecule has 4 aromatic carbocycles. The van der Waals surface area contributed by atoms with Crippen LogP contribution in [0.15, 0.2) is 92.9 Å². The molecule has 178 valence electrons. The van der Waals surface area contributed by atoms with Crippen LogP contribution >= 0.6 is 31.9 Å². The van der Waals surface area contributed by atoms with E-state index in [4.69, 9.17) is 9.47 Å². The lowest BCUT2D eigenvalue weighted by molar-refractivity contribution is 0.0955. The summed E-state index contributed by atoms with van der Waals surface area (Å²) in [5.41, 5.74) is 4.97. The highest BCUT2D eigenvalue weighted by Gasteiger charge is 2.10. The molecule has 0 saturated heterocycles. The molecule has 0 aliphatic rings. The van der Waals surface area contributed by atoms with Crippen molar-refractivity contribution in [2.45, 2.75) is 20.0 Å². The lowest BCUT2D eigenvalue weighted by Crippen LogP contribution is -2.17. The van der Waals surface area contributed by atoms with Gasteiger partial charge in [-0.3, -0.25) is 4.79 Å². The van der Waals surface area contributed by atoms with E-state index < -0.39 is 0 Å². The minimum Gasteiger partial charge on any atom is -0.494 e. The molecule has 0 unspecified atom stereocenters. The molecule has 0 aliphatic carbocycles. The van der Waals surface area contributed by atoms with Gasteiger partial charge in [0.25, 0.3) is 5.91 Å². The van der Waals surface area contributed by atoms with Crippen LogP contribution in [0.1, 0.15) is 34.8 Å². The van der Waals surface area contributed by atoms with Crippen molar-refractivity contribution in [1.29, 1.82) is 0 Å². The molecule has 0 fully saturated rings. The van der Waals surface area contributed by atoms with Gasteiger partial charge in [-0.05, 0) is 96.6 Å². The molecule has 5 nitrogen and oxygen atoms in total. The Bertz CT molecular complexity index is 1330. The Labute approximate surface area is 221 Å². The van der Waals surface area contributed by atoms with Crippen LogP contribution in [-0.4, -0.2) is 18.7 Å². The van der Waals surface area contributed by atoms with E-state index >= 15 is 0 Å². The van der Waals surface area contributed by atoms with Crippen molar-refractivity contribution in [3.8, 4) is 11.5 Å². The molecule has 4 rings (SSSR count). The summed E-state index contributed by atoms with van der Waals surface area (Å²) in [5, 5.41) is 6.44. The predicted octanol–water partition coefficient (Wildman–Crippen LogP) is 7.50. The highest BCUT2D eigenvalue weighted by Crippen LogP contribution is 2.35. The third-order valence-corrected chi connectivity index (χ3v) is 6.42. The van der Waals surface area contributed by atoms with Gasteiger partial charge >= 0.3 is 0 Å². The summed E-state index contributed by atoms with van der Waals surface area (Å²) >= 11 is 7.18. The van der Waals surface area contributed by atoms with Crippen molar-refractivity contribution in [2.24, 2.45) is 5.10 Å². The zero-order chi connectivity index (χ0) is 24.6. The molecule has 0 aliphatic heterocycles. The SMILES string of the molecule is CCCOc1ccc(C(=O)N/N=C/c2cc(Br)c(OCc3cccc4ccccc34)c(Br)c2)cc1. The maximum Gasteiger partial charge on any atom is 0.271 e. The van der Waals surface area contributed by atoms with E-state index in [1.54, 1.807) is 30.5 Å². The van der Waals surface area contributed by atoms with Crippen LogP contribution in [-0.2, 0) is 6.61 Å². The maximum atomic E-state index is 12.4. The Kier molecular flexibility index (Phi) is 8.55. The Morgan fingerprint density at radius 3 is 2.40 bits per heavy atom. The summed E-state index contributed by atoms with van der Waals surface area (Å²) < 4.78 is 13.2. The molecule has 4 aromatic rings. The van der Waals surface area contributed by atoms with Gasteiger partial charge in [0.15, 0.2) is 0 Å². The number of hydrazone groups is 1.